The number of hydrogen-bond acceptors (Lipinski definition) is 1. The second kappa shape index (κ2) is 4.09. The lowest BCUT2D eigenvalue weighted by atomic mass is 10.2. The van der Waals surface area contributed by atoms with E-state index in [1.165, 1.54) is 0 Å². The Kier molecular flexibility index (Phi) is 4.04. The maximum atomic E-state index is 9.94. The minimum atomic E-state index is -0.0339. The third-order valence-electron chi connectivity index (χ3n) is 0.736. The van der Waals surface area contributed by atoms with Gasteiger partial charge in [-0.3, -0.25) is 0 Å². The van der Waals surface area contributed by atoms with Crippen LogP contribution in [-0.4, -0.2) is 20.3 Å². The van der Waals surface area contributed by atoms with Gasteiger partial charge in [0.15, 0.2) is 0 Å². The molecule has 0 rings (SSSR count). The summed E-state index contributed by atoms with van der Waals surface area (Å²) < 4.78 is 4.69. The third kappa shape index (κ3) is 3.76. The van der Waals surface area contributed by atoms with E-state index in [4.69, 9.17) is 4.74 Å². The molecule has 0 saturated carbocycles. The monoisotopic (exact) mass is 103 g/mol. The van der Waals surface area contributed by atoms with Gasteiger partial charge >= 0.3 is 0 Å². The molecule has 0 heterocycles. The van der Waals surface area contributed by atoms with Gasteiger partial charge in [-0.15, -0.1) is 0 Å². The number of ether oxygens (including phenoxy) is 1. The van der Waals surface area contributed by atoms with Crippen LogP contribution >= 0.6 is 0 Å². The zero-order valence-electron chi connectivity index (χ0n) is 4.81. The molecule has 0 aromatic rings. The summed E-state index contributed by atoms with van der Waals surface area (Å²) in [5, 5.41) is 9.94. The van der Waals surface area contributed by atoms with E-state index < -0.39 is 0 Å². The summed E-state index contributed by atoms with van der Waals surface area (Å²) in [7, 11) is 1.60. The predicted molar refractivity (Wildman–Crippen MR) is 26.6 cm³/mol. The Morgan fingerprint density at radius 3 is 2.43 bits per heavy atom. The summed E-state index contributed by atoms with van der Waals surface area (Å²) >= 11 is 0. The van der Waals surface area contributed by atoms with Crippen molar-refractivity contribution in [2.45, 2.75) is 6.92 Å². The van der Waals surface area contributed by atoms with Crippen molar-refractivity contribution in [3.63, 3.8) is 0 Å². The van der Waals surface area contributed by atoms with E-state index in [9.17, 15) is 5.11 Å². The highest BCUT2D eigenvalue weighted by Crippen LogP contribution is 1.90. The van der Waals surface area contributed by atoms with Gasteiger partial charge in [-0.1, -0.05) is 6.92 Å². The van der Waals surface area contributed by atoms with Crippen LogP contribution in [0.2, 0.25) is 0 Å². The third-order valence-corrected chi connectivity index (χ3v) is 0.736. The van der Waals surface area contributed by atoms with E-state index in [1.54, 1.807) is 7.11 Å². The van der Waals surface area contributed by atoms with Crippen LogP contribution in [0.1, 0.15) is 6.92 Å². The van der Waals surface area contributed by atoms with Gasteiger partial charge < -0.3 is 4.74 Å². The molecule has 7 heavy (non-hydrogen) atoms. The smallest absolute Gasteiger partial charge is 0.0869 e. The lowest BCUT2D eigenvalue weighted by Crippen LogP contribution is -2.06. The minimum absolute atomic E-state index is 0.0339. The van der Waals surface area contributed by atoms with Crippen molar-refractivity contribution >= 4 is 0 Å². The summed E-state index contributed by atoms with van der Waals surface area (Å²) in [4.78, 5) is 0. The quantitative estimate of drug-likeness (QED) is 0.517. The molecule has 0 aromatic carbocycles. The normalized spacial score (nSPS) is 14.1. The van der Waals surface area contributed by atoms with Gasteiger partial charge in [0.05, 0.1) is 13.2 Å². The zero-order valence-corrected chi connectivity index (χ0v) is 4.81. The zero-order chi connectivity index (χ0) is 5.70. The van der Waals surface area contributed by atoms with Crippen molar-refractivity contribution in [2.24, 2.45) is 5.92 Å². The van der Waals surface area contributed by atoms with Gasteiger partial charge in [0.1, 0.15) is 0 Å². The molecule has 0 spiro atoms. The molecular weight excluding hydrogens is 92.1 g/mol. The van der Waals surface area contributed by atoms with E-state index in [1.807, 2.05) is 6.92 Å². The Morgan fingerprint density at radius 2 is 2.29 bits per heavy atom. The fourth-order valence-corrected chi connectivity index (χ4v) is 0.333. The molecule has 0 aliphatic carbocycles. The van der Waals surface area contributed by atoms with Crippen LogP contribution in [0.4, 0.5) is 0 Å². The average molecular weight is 103 g/mol. The van der Waals surface area contributed by atoms with Crippen LogP contribution in [0.15, 0.2) is 0 Å². The average Bonchev–Trinajstić information content (AvgIpc) is 1.68. The van der Waals surface area contributed by atoms with Crippen LogP contribution in [0.25, 0.3) is 0 Å². The Balaban J connectivity index is 2.83. The molecule has 0 saturated heterocycles. The summed E-state index contributed by atoms with van der Waals surface area (Å²) in [6.07, 6.45) is 0. The molecule has 1 atom stereocenters. The van der Waals surface area contributed by atoms with E-state index in [0.717, 1.165) is 0 Å². The second-order valence-corrected chi connectivity index (χ2v) is 1.73. The molecule has 2 nitrogen and oxygen atoms in total. The molecule has 0 aliphatic rings. The molecular formula is C5H11O2. The first-order valence-electron chi connectivity index (χ1n) is 2.38. The molecule has 0 amide bonds. The van der Waals surface area contributed by atoms with E-state index >= 15 is 0 Å². The number of methoxy groups -OCH3 is 1. The fraction of sp³-hybridized carbons (Fsp3) is 1.00. The summed E-state index contributed by atoms with van der Waals surface area (Å²) in [6, 6.07) is 0. The molecule has 0 N–H and O–H groups in total. The first-order chi connectivity index (χ1) is 3.31. The van der Waals surface area contributed by atoms with Gasteiger partial charge in [0, 0.05) is 13.0 Å². The predicted octanol–water partition coefficient (Wildman–Crippen LogP) is 0.699. The fourth-order valence-electron chi connectivity index (χ4n) is 0.333. The topological polar surface area (TPSA) is 29.1 Å². The van der Waals surface area contributed by atoms with Crippen LogP contribution < -0.4 is 0 Å². The molecule has 0 aliphatic heterocycles. The van der Waals surface area contributed by atoms with Crippen molar-refractivity contribution in [3.05, 3.63) is 0 Å². The van der Waals surface area contributed by atoms with E-state index in [0.29, 0.717) is 6.61 Å². The van der Waals surface area contributed by atoms with E-state index in [2.05, 4.69) is 0 Å². The highest BCUT2D eigenvalue weighted by Gasteiger charge is 1.96. The van der Waals surface area contributed by atoms with Gasteiger partial charge in [-0.25, -0.2) is 5.11 Å². The van der Waals surface area contributed by atoms with Gasteiger partial charge in [0.25, 0.3) is 0 Å². The standard InChI is InChI=1S/C5H11O2/c1-5(3-6)4-7-2/h5H,3-4H2,1-2H3. The molecule has 0 aromatic heterocycles. The Labute approximate surface area is 44.1 Å². The number of hydrogen-bond donors (Lipinski definition) is 0. The second-order valence-electron chi connectivity index (χ2n) is 1.73. The molecule has 0 bridgehead atoms. The lowest BCUT2D eigenvalue weighted by Gasteiger charge is -2.01. The Bertz CT molecular complexity index is 37.1. The van der Waals surface area contributed by atoms with Crippen LogP contribution in [0, 0.1) is 5.92 Å². The largest absolute Gasteiger partial charge is 0.384 e. The van der Waals surface area contributed by atoms with Crippen molar-refractivity contribution in [1.29, 1.82) is 0 Å². The van der Waals surface area contributed by atoms with Gasteiger partial charge in [-0.2, -0.15) is 0 Å². The Hall–Kier alpha value is -0.0800. The maximum Gasteiger partial charge on any atom is 0.0869 e. The number of rotatable bonds is 3. The molecule has 1 radical (unpaired) electrons. The molecule has 1 unspecified atom stereocenters. The minimum Gasteiger partial charge on any atom is -0.384 e. The van der Waals surface area contributed by atoms with Crippen molar-refractivity contribution < 1.29 is 9.84 Å². The van der Waals surface area contributed by atoms with Crippen molar-refractivity contribution in [3.8, 4) is 0 Å². The first-order valence-corrected chi connectivity index (χ1v) is 2.38. The molecule has 2 heteroatoms. The van der Waals surface area contributed by atoms with Crippen LogP contribution in [0.3, 0.4) is 0 Å². The lowest BCUT2D eigenvalue weighted by molar-refractivity contribution is 0.0862. The SMILES string of the molecule is COCC(C)C[O]. The Morgan fingerprint density at radius 1 is 1.71 bits per heavy atom. The highest BCUT2D eigenvalue weighted by molar-refractivity contribution is 4.43. The van der Waals surface area contributed by atoms with Crippen LogP contribution in [0.5, 0.6) is 0 Å². The summed E-state index contributed by atoms with van der Waals surface area (Å²) in [6.45, 7) is 2.42. The maximum absolute atomic E-state index is 9.94. The van der Waals surface area contributed by atoms with Gasteiger partial charge in [-0.05, 0) is 0 Å². The van der Waals surface area contributed by atoms with Gasteiger partial charge in [0.2, 0.25) is 0 Å². The van der Waals surface area contributed by atoms with Crippen molar-refractivity contribution in [2.75, 3.05) is 20.3 Å². The molecule has 43 valence electrons. The highest BCUT2D eigenvalue weighted by atomic mass is 16.5. The summed E-state index contributed by atoms with van der Waals surface area (Å²) in [5.74, 6) is 0.171. The molecule has 0 fully saturated rings. The van der Waals surface area contributed by atoms with E-state index in [-0.39, 0.29) is 12.5 Å². The summed E-state index contributed by atoms with van der Waals surface area (Å²) in [5.41, 5.74) is 0. The van der Waals surface area contributed by atoms with Crippen molar-refractivity contribution in [1.82, 2.24) is 0 Å². The van der Waals surface area contributed by atoms with Crippen LogP contribution in [-0.2, 0) is 9.84 Å². The first kappa shape index (κ1) is 6.92.